The van der Waals surface area contributed by atoms with Crippen molar-refractivity contribution in [2.45, 2.75) is 12.3 Å². The number of halogens is 5. The summed E-state index contributed by atoms with van der Waals surface area (Å²) >= 11 is 0. The molecule has 1 nitrogen and oxygen atoms in total. The first-order valence-electron chi connectivity index (χ1n) is 4.19. The molecule has 1 unspecified atom stereocenters. The Bertz CT molecular complexity index is 382. The van der Waals surface area contributed by atoms with Gasteiger partial charge in [-0.25, -0.2) is 4.39 Å². The Morgan fingerprint density at radius 1 is 1.06 bits per heavy atom. The second-order valence-corrected chi connectivity index (χ2v) is 2.97. The number of rotatable bonds is 2. The molecule has 0 aliphatic rings. The fourth-order valence-corrected chi connectivity index (χ4v) is 1.04. The van der Waals surface area contributed by atoms with Gasteiger partial charge in [0.15, 0.2) is 5.83 Å². The first-order chi connectivity index (χ1) is 7.34. The van der Waals surface area contributed by atoms with Crippen molar-refractivity contribution in [3.63, 3.8) is 0 Å². The van der Waals surface area contributed by atoms with Gasteiger partial charge < -0.3 is 5.11 Å². The Labute approximate surface area is 87.8 Å². The summed E-state index contributed by atoms with van der Waals surface area (Å²) in [5.41, 5.74) is -0.153. The number of hydrogen-bond acceptors (Lipinski definition) is 1. The van der Waals surface area contributed by atoms with E-state index in [9.17, 15) is 22.0 Å². The second-order valence-electron chi connectivity index (χ2n) is 2.97. The van der Waals surface area contributed by atoms with Crippen LogP contribution in [-0.2, 0) is 0 Å². The molecule has 1 aromatic carbocycles. The normalized spacial score (nSPS) is 15.6. The maximum absolute atomic E-state index is 12.9. The third kappa shape index (κ3) is 2.79. The molecule has 0 aromatic heterocycles. The lowest BCUT2D eigenvalue weighted by atomic mass is 10.1. The van der Waals surface area contributed by atoms with Crippen LogP contribution in [-0.4, -0.2) is 11.3 Å². The molecule has 0 saturated heterocycles. The van der Waals surface area contributed by atoms with Crippen LogP contribution in [0.1, 0.15) is 11.7 Å². The zero-order valence-corrected chi connectivity index (χ0v) is 7.80. The van der Waals surface area contributed by atoms with E-state index in [1.165, 1.54) is 30.3 Å². The Balaban J connectivity index is 3.04. The molecule has 0 radical (unpaired) electrons. The van der Waals surface area contributed by atoms with Gasteiger partial charge in [0.1, 0.15) is 6.10 Å². The van der Waals surface area contributed by atoms with E-state index in [4.69, 9.17) is 5.11 Å². The molecule has 0 aliphatic carbocycles. The van der Waals surface area contributed by atoms with Gasteiger partial charge in [-0.3, -0.25) is 0 Å². The Hall–Kier alpha value is -1.43. The van der Waals surface area contributed by atoms with E-state index < -0.39 is 23.9 Å². The predicted molar refractivity (Wildman–Crippen MR) is 46.7 cm³/mol. The van der Waals surface area contributed by atoms with Gasteiger partial charge in [-0.2, -0.15) is 17.6 Å². The highest BCUT2D eigenvalue weighted by Crippen LogP contribution is 2.35. The Kier molecular flexibility index (Phi) is 3.64. The highest BCUT2D eigenvalue weighted by molar-refractivity contribution is 5.25. The predicted octanol–water partition coefficient (Wildman–Crippen LogP) is 3.43. The number of allylic oxidation sites excluding steroid dienone is 1. The minimum Gasteiger partial charge on any atom is -0.381 e. The molecule has 0 amide bonds. The molecule has 1 N–H and O–H groups in total. The molecule has 0 aliphatic heterocycles. The molecule has 88 valence electrons. The minimum atomic E-state index is -5.43. The summed E-state index contributed by atoms with van der Waals surface area (Å²) in [5.74, 6) is -5.15. The van der Waals surface area contributed by atoms with Crippen molar-refractivity contribution in [2.24, 2.45) is 0 Å². The zero-order chi connectivity index (χ0) is 12.3. The smallest absolute Gasteiger partial charge is 0.381 e. The molecule has 0 bridgehead atoms. The van der Waals surface area contributed by atoms with Crippen molar-refractivity contribution >= 4 is 0 Å². The molecule has 16 heavy (non-hydrogen) atoms. The van der Waals surface area contributed by atoms with Crippen molar-refractivity contribution in [3.05, 3.63) is 47.5 Å². The number of benzene rings is 1. The molecule has 0 fully saturated rings. The average Bonchev–Trinajstić information content (AvgIpc) is 2.26. The molecule has 6 heteroatoms. The third-order valence-electron chi connectivity index (χ3n) is 1.81. The first kappa shape index (κ1) is 12.6. The fraction of sp³-hybridized carbons (Fsp3) is 0.200. The van der Waals surface area contributed by atoms with Gasteiger partial charge in [0.05, 0.1) is 0 Å². The molecule has 1 aromatic rings. The third-order valence-corrected chi connectivity index (χ3v) is 1.81. The van der Waals surface area contributed by atoms with Gasteiger partial charge in [0.25, 0.3) is 0 Å². The molecule has 1 atom stereocenters. The zero-order valence-electron chi connectivity index (χ0n) is 7.80. The molecule has 1 rings (SSSR count). The summed E-state index contributed by atoms with van der Waals surface area (Å²) in [7, 11) is 0. The fourth-order valence-electron chi connectivity index (χ4n) is 1.04. The molecule has 0 spiro atoms. The van der Waals surface area contributed by atoms with Gasteiger partial charge in [-0.15, -0.1) is 0 Å². The molecule has 0 saturated carbocycles. The number of aliphatic hydroxyl groups excluding tert-OH is 1. The van der Waals surface area contributed by atoms with Crippen molar-refractivity contribution in [3.8, 4) is 0 Å². The van der Waals surface area contributed by atoms with Gasteiger partial charge >= 0.3 is 6.18 Å². The van der Waals surface area contributed by atoms with E-state index in [1.54, 1.807) is 0 Å². The van der Waals surface area contributed by atoms with Crippen molar-refractivity contribution < 1.29 is 27.1 Å². The van der Waals surface area contributed by atoms with Crippen LogP contribution >= 0.6 is 0 Å². The first-order valence-corrected chi connectivity index (χ1v) is 4.19. The number of aliphatic hydroxyl groups is 1. The van der Waals surface area contributed by atoms with Crippen molar-refractivity contribution in [2.75, 3.05) is 0 Å². The summed E-state index contributed by atoms with van der Waals surface area (Å²) < 4.78 is 60.7. The van der Waals surface area contributed by atoms with Gasteiger partial charge in [-0.1, -0.05) is 30.3 Å². The van der Waals surface area contributed by atoms with E-state index >= 15 is 0 Å². The highest BCUT2D eigenvalue weighted by atomic mass is 19.4. The maximum Gasteiger partial charge on any atom is 0.445 e. The van der Waals surface area contributed by atoms with Crippen LogP contribution in [0.5, 0.6) is 0 Å². The summed E-state index contributed by atoms with van der Waals surface area (Å²) in [4.78, 5) is 0. The lowest BCUT2D eigenvalue weighted by molar-refractivity contribution is -0.112. The quantitative estimate of drug-likeness (QED) is 0.782. The van der Waals surface area contributed by atoms with E-state index in [0.29, 0.717) is 0 Å². The number of alkyl halides is 3. The van der Waals surface area contributed by atoms with E-state index in [0.717, 1.165) is 0 Å². The lowest BCUT2D eigenvalue weighted by Crippen LogP contribution is -2.12. The second kappa shape index (κ2) is 4.61. The van der Waals surface area contributed by atoms with Crippen LogP contribution in [0.3, 0.4) is 0 Å². The highest BCUT2D eigenvalue weighted by Gasteiger charge is 2.40. The molecular weight excluding hydrogens is 231 g/mol. The lowest BCUT2D eigenvalue weighted by Gasteiger charge is -2.11. The van der Waals surface area contributed by atoms with Crippen molar-refractivity contribution in [1.82, 2.24) is 0 Å². The van der Waals surface area contributed by atoms with Gasteiger partial charge in [0, 0.05) is 0 Å². The molecular formula is C10H7F5O. The topological polar surface area (TPSA) is 20.2 Å². The minimum absolute atomic E-state index is 0.153. The van der Waals surface area contributed by atoms with Crippen LogP contribution in [0.2, 0.25) is 0 Å². The largest absolute Gasteiger partial charge is 0.445 e. The van der Waals surface area contributed by atoms with E-state index in [-0.39, 0.29) is 5.56 Å². The standard InChI is InChI=1S/C10H7F5O/c11-7(9(12)10(13,14)15)8(16)6-4-2-1-3-5-6/h1-5,8,16H/b9-7+. The van der Waals surface area contributed by atoms with Crippen LogP contribution in [0.4, 0.5) is 22.0 Å². The molecule has 0 heterocycles. The summed E-state index contributed by atoms with van der Waals surface area (Å²) in [6.07, 6.45) is -7.68. The summed E-state index contributed by atoms with van der Waals surface area (Å²) in [5, 5.41) is 9.15. The van der Waals surface area contributed by atoms with Crippen LogP contribution < -0.4 is 0 Å². The summed E-state index contributed by atoms with van der Waals surface area (Å²) in [6, 6.07) is 6.68. The Morgan fingerprint density at radius 3 is 2.00 bits per heavy atom. The van der Waals surface area contributed by atoms with Crippen LogP contribution in [0, 0.1) is 0 Å². The number of hydrogen-bond donors (Lipinski definition) is 1. The van der Waals surface area contributed by atoms with Crippen LogP contribution in [0.15, 0.2) is 42.0 Å². The monoisotopic (exact) mass is 238 g/mol. The van der Waals surface area contributed by atoms with E-state index in [2.05, 4.69) is 0 Å². The van der Waals surface area contributed by atoms with E-state index in [1.807, 2.05) is 0 Å². The van der Waals surface area contributed by atoms with Gasteiger partial charge in [0.2, 0.25) is 5.83 Å². The maximum atomic E-state index is 12.9. The average molecular weight is 238 g/mol. The van der Waals surface area contributed by atoms with Crippen molar-refractivity contribution in [1.29, 1.82) is 0 Å². The van der Waals surface area contributed by atoms with Gasteiger partial charge in [-0.05, 0) is 5.56 Å². The summed E-state index contributed by atoms with van der Waals surface area (Å²) in [6.45, 7) is 0. The SMILES string of the molecule is OC(/C(F)=C(\F)C(F)(F)F)c1ccccc1. The van der Waals surface area contributed by atoms with Crippen LogP contribution in [0.25, 0.3) is 0 Å². The Morgan fingerprint density at radius 2 is 1.56 bits per heavy atom.